The van der Waals surface area contributed by atoms with Crippen molar-refractivity contribution in [2.75, 3.05) is 42.1 Å². The van der Waals surface area contributed by atoms with Gasteiger partial charge in [-0.3, -0.25) is 5.32 Å². The van der Waals surface area contributed by atoms with Crippen molar-refractivity contribution >= 4 is 23.6 Å². The summed E-state index contributed by atoms with van der Waals surface area (Å²) >= 11 is 0. The lowest BCUT2D eigenvalue weighted by Crippen LogP contribution is -2.26. The standard InChI is InChI=1S/C23H25N7O2/c1-17-13-21(32-29-17)28-23(31)27-20-6-4-5-18(14-20)7-8-19-15-25-22(26-16-19)24-9-12-30-10-2-3-11-30/h4-6,13-16H,2-3,9-12H2,1H3,(H,24,25,26)(H2,27,28,31). The van der Waals surface area contributed by atoms with E-state index in [9.17, 15) is 4.79 Å². The van der Waals surface area contributed by atoms with Crippen LogP contribution in [0.3, 0.4) is 0 Å². The first-order chi connectivity index (χ1) is 15.6. The van der Waals surface area contributed by atoms with Crippen LogP contribution in [0.1, 0.15) is 29.7 Å². The van der Waals surface area contributed by atoms with E-state index in [2.05, 4.69) is 47.8 Å². The zero-order chi connectivity index (χ0) is 22.2. The Bertz CT molecular complexity index is 1110. The fraction of sp³-hybridized carbons (Fsp3) is 0.304. The van der Waals surface area contributed by atoms with Gasteiger partial charge in [-0.15, -0.1) is 0 Å². The van der Waals surface area contributed by atoms with Crippen molar-refractivity contribution in [3.05, 3.63) is 59.5 Å². The number of likely N-dealkylation sites (tertiary alicyclic amines) is 1. The number of aromatic nitrogens is 3. The van der Waals surface area contributed by atoms with Crippen LogP contribution >= 0.6 is 0 Å². The molecule has 0 unspecified atom stereocenters. The van der Waals surface area contributed by atoms with Crippen LogP contribution < -0.4 is 16.0 Å². The Morgan fingerprint density at radius 1 is 1.09 bits per heavy atom. The molecule has 3 heterocycles. The van der Waals surface area contributed by atoms with E-state index in [0.717, 1.165) is 18.7 Å². The summed E-state index contributed by atoms with van der Waals surface area (Å²) in [4.78, 5) is 23.2. The van der Waals surface area contributed by atoms with Gasteiger partial charge in [0.05, 0.1) is 11.3 Å². The minimum absolute atomic E-state index is 0.282. The van der Waals surface area contributed by atoms with Gasteiger partial charge in [-0.25, -0.2) is 14.8 Å². The van der Waals surface area contributed by atoms with Gasteiger partial charge in [0.15, 0.2) is 0 Å². The number of hydrogen-bond donors (Lipinski definition) is 3. The van der Waals surface area contributed by atoms with Crippen molar-refractivity contribution in [2.24, 2.45) is 0 Å². The van der Waals surface area contributed by atoms with Crippen molar-refractivity contribution in [3.8, 4) is 11.8 Å². The summed E-state index contributed by atoms with van der Waals surface area (Å²) < 4.78 is 4.97. The summed E-state index contributed by atoms with van der Waals surface area (Å²) in [6, 6.07) is 8.47. The molecule has 164 valence electrons. The van der Waals surface area contributed by atoms with E-state index in [-0.39, 0.29) is 5.88 Å². The topological polar surface area (TPSA) is 108 Å². The molecule has 0 atom stereocenters. The lowest BCUT2D eigenvalue weighted by atomic mass is 10.2. The number of anilines is 3. The van der Waals surface area contributed by atoms with Gasteiger partial charge in [0, 0.05) is 42.8 Å². The SMILES string of the molecule is Cc1cc(NC(=O)Nc2cccc(C#Cc3cnc(NCCN4CCCC4)nc3)c2)on1. The molecule has 32 heavy (non-hydrogen) atoms. The number of nitrogens with zero attached hydrogens (tertiary/aromatic N) is 4. The van der Waals surface area contributed by atoms with Crippen molar-refractivity contribution < 1.29 is 9.32 Å². The Kier molecular flexibility index (Phi) is 6.94. The second kappa shape index (κ2) is 10.4. The van der Waals surface area contributed by atoms with Crippen LogP contribution in [0.5, 0.6) is 0 Å². The Balaban J connectivity index is 1.29. The van der Waals surface area contributed by atoms with Gasteiger partial charge in [0.25, 0.3) is 0 Å². The highest BCUT2D eigenvalue weighted by Gasteiger charge is 2.10. The van der Waals surface area contributed by atoms with E-state index in [1.54, 1.807) is 37.5 Å². The van der Waals surface area contributed by atoms with Gasteiger partial charge in [-0.2, -0.15) is 0 Å². The molecular formula is C23H25N7O2. The molecule has 0 spiro atoms. The normalized spacial score (nSPS) is 13.3. The highest BCUT2D eigenvalue weighted by atomic mass is 16.5. The third kappa shape index (κ3) is 6.30. The quantitative estimate of drug-likeness (QED) is 0.514. The third-order valence-corrected chi connectivity index (χ3v) is 4.90. The zero-order valence-electron chi connectivity index (χ0n) is 17.9. The van der Waals surface area contributed by atoms with Gasteiger partial charge in [0.2, 0.25) is 11.8 Å². The first-order valence-corrected chi connectivity index (χ1v) is 10.6. The second-order valence-corrected chi connectivity index (χ2v) is 7.51. The number of carbonyl (C=O) groups is 1. The van der Waals surface area contributed by atoms with E-state index in [1.165, 1.54) is 25.9 Å². The first-order valence-electron chi connectivity index (χ1n) is 10.6. The molecule has 1 aliphatic heterocycles. The molecule has 4 rings (SSSR count). The lowest BCUT2D eigenvalue weighted by Gasteiger charge is -2.14. The molecule has 1 aromatic carbocycles. The monoisotopic (exact) mass is 431 g/mol. The first kappa shape index (κ1) is 21.3. The number of rotatable bonds is 6. The van der Waals surface area contributed by atoms with Crippen LogP contribution in [-0.4, -0.2) is 52.2 Å². The van der Waals surface area contributed by atoms with Crippen LogP contribution in [0, 0.1) is 18.8 Å². The van der Waals surface area contributed by atoms with E-state index >= 15 is 0 Å². The smallest absolute Gasteiger partial charge is 0.326 e. The fourth-order valence-corrected chi connectivity index (χ4v) is 3.33. The van der Waals surface area contributed by atoms with Crippen LogP contribution in [0.2, 0.25) is 0 Å². The molecule has 0 bridgehead atoms. The summed E-state index contributed by atoms with van der Waals surface area (Å²) in [7, 11) is 0. The van der Waals surface area contributed by atoms with Gasteiger partial charge in [-0.1, -0.05) is 23.1 Å². The van der Waals surface area contributed by atoms with E-state index in [4.69, 9.17) is 4.52 Å². The average molecular weight is 432 g/mol. The van der Waals surface area contributed by atoms with Crippen molar-refractivity contribution in [1.29, 1.82) is 0 Å². The fourth-order valence-electron chi connectivity index (χ4n) is 3.33. The van der Waals surface area contributed by atoms with Gasteiger partial charge >= 0.3 is 6.03 Å². The minimum Gasteiger partial charge on any atom is -0.353 e. The highest BCUT2D eigenvalue weighted by molar-refractivity contribution is 5.98. The minimum atomic E-state index is -0.424. The third-order valence-electron chi connectivity index (χ3n) is 4.90. The molecule has 1 aliphatic rings. The van der Waals surface area contributed by atoms with Crippen LogP contribution in [0.25, 0.3) is 0 Å². The van der Waals surface area contributed by atoms with E-state index in [0.29, 0.717) is 22.9 Å². The van der Waals surface area contributed by atoms with Gasteiger partial charge in [-0.05, 0) is 51.1 Å². The summed E-state index contributed by atoms with van der Waals surface area (Å²) in [5, 5.41) is 12.3. The van der Waals surface area contributed by atoms with Crippen LogP contribution in [0.15, 0.2) is 47.2 Å². The molecule has 3 aromatic rings. The van der Waals surface area contributed by atoms with Gasteiger partial charge < -0.3 is 20.1 Å². The number of hydrogen-bond acceptors (Lipinski definition) is 7. The molecular weight excluding hydrogens is 406 g/mol. The molecule has 2 aromatic heterocycles. The predicted octanol–water partition coefficient (Wildman–Crippen LogP) is 3.32. The number of amides is 2. The number of aryl methyl sites for hydroxylation is 1. The van der Waals surface area contributed by atoms with Crippen molar-refractivity contribution in [1.82, 2.24) is 20.0 Å². The van der Waals surface area contributed by atoms with Crippen LogP contribution in [0.4, 0.5) is 22.3 Å². The number of nitrogens with one attached hydrogen (secondary N) is 3. The Morgan fingerprint density at radius 2 is 1.88 bits per heavy atom. The molecule has 0 radical (unpaired) electrons. The highest BCUT2D eigenvalue weighted by Crippen LogP contribution is 2.13. The Morgan fingerprint density at radius 3 is 2.62 bits per heavy atom. The Labute approximate surface area is 186 Å². The second-order valence-electron chi connectivity index (χ2n) is 7.51. The van der Waals surface area contributed by atoms with E-state index < -0.39 is 6.03 Å². The molecule has 3 N–H and O–H groups in total. The number of urea groups is 1. The lowest BCUT2D eigenvalue weighted by molar-refractivity contribution is 0.261. The maximum atomic E-state index is 12.1. The summed E-state index contributed by atoms with van der Waals surface area (Å²) in [5.41, 5.74) is 2.77. The zero-order valence-corrected chi connectivity index (χ0v) is 17.9. The maximum Gasteiger partial charge on any atom is 0.326 e. The van der Waals surface area contributed by atoms with Gasteiger partial charge in [0.1, 0.15) is 0 Å². The average Bonchev–Trinajstić information content (AvgIpc) is 3.45. The predicted molar refractivity (Wildman–Crippen MR) is 122 cm³/mol. The molecule has 9 nitrogen and oxygen atoms in total. The Hall–Kier alpha value is -3.90. The van der Waals surface area contributed by atoms with E-state index in [1.807, 2.05) is 12.1 Å². The summed E-state index contributed by atoms with van der Waals surface area (Å²) in [6.07, 6.45) is 5.98. The molecule has 2 amide bonds. The maximum absolute atomic E-state index is 12.1. The molecule has 9 heteroatoms. The molecule has 0 aliphatic carbocycles. The van der Waals surface area contributed by atoms with Crippen LogP contribution in [-0.2, 0) is 0 Å². The summed E-state index contributed by atoms with van der Waals surface area (Å²) in [6.45, 7) is 5.97. The molecule has 0 saturated carbocycles. The molecule has 1 saturated heterocycles. The molecule has 1 fully saturated rings. The van der Waals surface area contributed by atoms with Crippen molar-refractivity contribution in [3.63, 3.8) is 0 Å². The van der Waals surface area contributed by atoms with Crippen molar-refractivity contribution in [2.45, 2.75) is 19.8 Å². The number of carbonyl (C=O) groups excluding carboxylic acids is 1. The largest absolute Gasteiger partial charge is 0.353 e. The summed E-state index contributed by atoms with van der Waals surface area (Å²) in [5.74, 6) is 7.01. The number of benzene rings is 1.